The minimum absolute atomic E-state index is 0.0788. The Morgan fingerprint density at radius 1 is 1.36 bits per heavy atom. The number of halogens is 3. The van der Waals surface area contributed by atoms with Crippen LogP contribution in [0.15, 0.2) is 12.3 Å². The summed E-state index contributed by atoms with van der Waals surface area (Å²) in [5.74, 6) is 0.243. The van der Waals surface area contributed by atoms with Gasteiger partial charge in [0, 0.05) is 0 Å². The van der Waals surface area contributed by atoms with Crippen molar-refractivity contribution in [3.05, 3.63) is 12.3 Å². The molecule has 0 aliphatic rings. The van der Waals surface area contributed by atoms with Gasteiger partial charge in [0.1, 0.15) is 0 Å². The number of rotatable bonds is 3. The quantitative estimate of drug-likeness (QED) is 0.589. The molecule has 0 fully saturated rings. The third-order valence-corrected chi connectivity index (χ3v) is 0.783. The van der Waals surface area contributed by atoms with Gasteiger partial charge >= 0.3 is 6.18 Å². The normalized spacial score (nSPS) is 12.9. The van der Waals surface area contributed by atoms with Crippen molar-refractivity contribution in [3.8, 4) is 0 Å². The summed E-state index contributed by atoms with van der Waals surface area (Å²) >= 11 is 0. The molecule has 0 saturated heterocycles. The first-order valence-corrected chi connectivity index (χ1v) is 3.28. The van der Waals surface area contributed by atoms with Crippen LogP contribution in [0.1, 0.15) is 13.8 Å². The van der Waals surface area contributed by atoms with E-state index < -0.39 is 6.18 Å². The summed E-state index contributed by atoms with van der Waals surface area (Å²) in [6.07, 6.45) is -3.51. The maximum absolute atomic E-state index is 11.4. The first kappa shape index (κ1) is 10.3. The predicted octanol–water partition coefficient (Wildman–Crippen LogP) is 2.74. The van der Waals surface area contributed by atoms with Crippen molar-refractivity contribution < 1.29 is 17.9 Å². The lowest BCUT2D eigenvalue weighted by atomic mass is 10.2. The smallest absolute Gasteiger partial charge is 0.412 e. The lowest BCUT2D eigenvalue weighted by molar-refractivity contribution is -0.0817. The molecule has 0 N–H and O–H groups in total. The minimum Gasteiger partial charge on any atom is -0.501 e. The minimum atomic E-state index is -4.27. The predicted molar refractivity (Wildman–Crippen MR) is 36.0 cm³/mol. The van der Waals surface area contributed by atoms with Gasteiger partial charge in [-0.05, 0) is 5.92 Å². The molecule has 66 valence electrons. The first-order chi connectivity index (χ1) is 4.92. The molecule has 0 aliphatic heterocycles. The second-order valence-corrected chi connectivity index (χ2v) is 2.57. The van der Waals surface area contributed by atoms with Crippen molar-refractivity contribution >= 4 is 0 Å². The molecule has 0 aromatic rings. The van der Waals surface area contributed by atoms with Crippen molar-refractivity contribution in [1.82, 2.24) is 0 Å². The zero-order chi connectivity index (χ0) is 8.91. The van der Waals surface area contributed by atoms with Gasteiger partial charge in [-0.15, -0.1) is 0 Å². The monoisotopic (exact) mass is 168 g/mol. The van der Waals surface area contributed by atoms with Crippen LogP contribution < -0.4 is 0 Å². The Morgan fingerprint density at radius 3 is 2.27 bits per heavy atom. The van der Waals surface area contributed by atoms with Gasteiger partial charge in [0.05, 0.1) is 18.9 Å². The molecule has 0 saturated carbocycles. The van der Waals surface area contributed by atoms with E-state index in [0.29, 0.717) is 12.9 Å². The standard InChI is InChI=1S/C7H11F3O/c1-6(2)5-11-4-3-7(8,9)10/h3-4,6H,5H2,1-2H3/b4-3+. The molecule has 11 heavy (non-hydrogen) atoms. The molecule has 0 spiro atoms. The van der Waals surface area contributed by atoms with Crippen LogP contribution >= 0.6 is 0 Å². The summed E-state index contributed by atoms with van der Waals surface area (Å²) in [5.41, 5.74) is 0. The van der Waals surface area contributed by atoms with E-state index in [4.69, 9.17) is 0 Å². The number of hydrogen-bond donors (Lipinski definition) is 0. The highest BCUT2D eigenvalue weighted by Gasteiger charge is 2.22. The van der Waals surface area contributed by atoms with Gasteiger partial charge in [0.15, 0.2) is 0 Å². The van der Waals surface area contributed by atoms with Crippen molar-refractivity contribution in [3.63, 3.8) is 0 Å². The van der Waals surface area contributed by atoms with E-state index in [1.54, 1.807) is 0 Å². The van der Waals surface area contributed by atoms with Crippen molar-refractivity contribution in [2.45, 2.75) is 20.0 Å². The van der Waals surface area contributed by atoms with Crippen LogP contribution in [0.5, 0.6) is 0 Å². The number of alkyl halides is 3. The van der Waals surface area contributed by atoms with E-state index in [1.807, 2.05) is 13.8 Å². The van der Waals surface area contributed by atoms with Crippen LogP contribution in [-0.2, 0) is 4.74 Å². The largest absolute Gasteiger partial charge is 0.501 e. The average molecular weight is 168 g/mol. The van der Waals surface area contributed by atoms with Gasteiger partial charge in [-0.3, -0.25) is 0 Å². The third kappa shape index (κ3) is 9.33. The number of ether oxygens (including phenoxy) is 1. The Morgan fingerprint density at radius 2 is 1.91 bits per heavy atom. The van der Waals surface area contributed by atoms with E-state index in [1.165, 1.54) is 0 Å². The van der Waals surface area contributed by atoms with E-state index in [-0.39, 0.29) is 12.0 Å². The van der Waals surface area contributed by atoms with E-state index >= 15 is 0 Å². The summed E-state index contributed by atoms with van der Waals surface area (Å²) in [4.78, 5) is 0. The molecule has 0 aromatic carbocycles. The maximum Gasteiger partial charge on any atom is 0.412 e. The molecule has 0 aliphatic carbocycles. The van der Waals surface area contributed by atoms with Crippen LogP contribution in [0.3, 0.4) is 0 Å². The van der Waals surface area contributed by atoms with Gasteiger partial charge in [-0.2, -0.15) is 13.2 Å². The fourth-order valence-corrected chi connectivity index (χ4v) is 0.373. The zero-order valence-electron chi connectivity index (χ0n) is 6.48. The lowest BCUT2D eigenvalue weighted by Gasteiger charge is -2.03. The van der Waals surface area contributed by atoms with Crippen LogP contribution in [0.25, 0.3) is 0 Å². The molecule has 0 atom stereocenters. The molecular weight excluding hydrogens is 157 g/mol. The number of allylic oxidation sites excluding steroid dienone is 1. The van der Waals surface area contributed by atoms with Gasteiger partial charge in [0.25, 0.3) is 0 Å². The Hall–Kier alpha value is -0.670. The van der Waals surface area contributed by atoms with E-state index in [2.05, 4.69) is 4.74 Å². The Kier molecular flexibility index (Phi) is 4.00. The van der Waals surface area contributed by atoms with E-state index in [9.17, 15) is 13.2 Å². The summed E-state index contributed by atoms with van der Waals surface area (Å²) in [5, 5.41) is 0. The molecule has 0 unspecified atom stereocenters. The fraction of sp³-hybridized carbons (Fsp3) is 0.714. The highest BCUT2D eigenvalue weighted by Crippen LogP contribution is 2.15. The average Bonchev–Trinajstić information content (AvgIpc) is 1.78. The molecule has 0 rings (SSSR count). The van der Waals surface area contributed by atoms with Gasteiger partial charge in [-0.25, -0.2) is 0 Å². The first-order valence-electron chi connectivity index (χ1n) is 3.28. The summed E-state index contributed by atoms with van der Waals surface area (Å²) in [7, 11) is 0. The molecule has 0 aromatic heterocycles. The maximum atomic E-state index is 11.4. The Balaban J connectivity index is 3.46. The molecule has 0 heterocycles. The molecule has 0 bridgehead atoms. The van der Waals surface area contributed by atoms with Gasteiger partial charge < -0.3 is 4.74 Å². The van der Waals surface area contributed by atoms with Gasteiger partial charge in [0.2, 0.25) is 0 Å². The second-order valence-electron chi connectivity index (χ2n) is 2.57. The Labute approximate surface area is 63.8 Å². The fourth-order valence-electron chi connectivity index (χ4n) is 0.373. The summed E-state index contributed by atoms with van der Waals surface area (Å²) in [6.45, 7) is 4.04. The van der Waals surface area contributed by atoms with Crippen molar-refractivity contribution in [2.75, 3.05) is 6.61 Å². The third-order valence-electron chi connectivity index (χ3n) is 0.783. The molecule has 4 heteroatoms. The van der Waals surface area contributed by atoms with Crippen LogP contribution in [0.2, 0.25) is 0 Å². The molecule has 0 radical (unpaired) electrons. The second kappa shape index (κ2) is 4.26. The van der Waals surface area contributed by atoms with Gasteiger partial charge in [-0.1, -0.05) is 13.8 Å². The number of hydrogen-bond acceptors (Lipinski definition) is 1. The molecular formula is C7H11F3O. The molecule has 1 nitrogen and oxygen atoms in total. The summed E-state index contributed by atoms with van der Waals surface area (Å²) < 4.78 is 38.8. The van der Waals surface area contributed by atoms with E-state index in [0.717, 1.165) is 0 Å². The highest BCUT2D eigenvalue weighted by molar-refractivity contribution is 4.82. The van der Waals surface area contributed by atoms with Crippen molar-refractivity contribution in [2.24, 2.45) is 5.92 Å². The van der Waals surface area contributed by atoms with Crippen LogP contribution in [0.4, 0.5) is 13.2 Å². The zero-order valence-corrected chi connectivity index (χ0v) is 6.48. The SMILES string of the molecule is CC(C)CO/C=C/C(F)(F)F. The summed E-state index contributed by atoms with van der Waals surface area (Å²) in [6, 6.07) is 0. The molecule has 0 amide bonds. The lowest BCUT2D eigenvalue weighted by Crippen LogP contribution is -2.02. The Bertz CT molecular complexity index is 126. The van der Waals surface area contributed by atoms with Crippen LogP contribution in [0, 0.1) is 5.92 Å². The topological polar surface area (TPSA) is 9.23 Å². The highest BCUT2D eigenvalue weighted by atomic mass is 19.4. The van der Waals surface area contributed by atoms with Crippen molar-refractivity contribution in [1.29, 1.82) is 0 Å². The van der Waals surface area contributed by atoms with Crippen LogP contribution in [-0.4, -0.2) is 12.8 Å².